The number of aryl methyl sites for hydroxylation is 2. The average molecular weight is 577 g/mol. The summed E-state index contributed by atoms with van der Waals surface area (Å²) < 4.78 is 44.5. The SMILES string of the molecule is CCc1nc(CN[C@H]2CC[C@H](Cc3nc(NCc4ccccc4OC(F)(F)F)nc(N)c3[N+](=O)[O-])CC2)cn1CC. The molecule has 1 aromatic carbocycles. The third kappa shape index (κ3) is 8.06. The van der Waals surface area contributed by atoms with Gasteiger partial charge in [-0.1, -0.05) is 25.1 Å². The lowest BCUT2D eigenvalue weighted by atomic mass is 9.83. The number of benzene rings is 1. The summed E-state index contributed by atoms with van der Waals surface area (Å²) >= 11 is 0. The summed E-state index contributed by atoms with van der Waals surface area (Å²) in [5.41, 5.74) is 7.04. The Kier molecular flexibility index (Phi) is 9.63. The van der Waals surface area contributed by atoms with Crippen molar-refractivity contribution >= 4 is 17.5 Å². The normalized spacial score (nSPS) is 17.4. The van der Waals surface area contributed by atoms with Crippen molar-refractivity contribution in [3.8, 4) is 5.75 Å². The number of rotatable bonds is 12. The van der Waals surface area contributed by atoms with Crippen LogP contribution in [0.5, 0.6) is 5.75 Å². The molecule has 4 N–H and O–H groups in total. The van der Waals surface area contributed by atoms with Crippen molar-refractivity contribution in [2.75, 3.05) is 11.1 Å². The Morgan fingerprint density at radius 3 is 2.49 bits per heavy atom. The van der Waals surface area contributed by atoms with Gasteiger partial charge in [-0.05, 0) is 51.0 Å². The largest absolute Gasteiger partial charge is 0.573 e. The minimum atomic E-state index is -4.84. The molecular formula is C27H35F3N8O3. The molecule has 0 spiro atoms. The number of anilines is 2. The summed E-state index contributed by atoms with van der Waals surface area (Å²) in [6.45, 7) is 5.66. The molecule has 1 aliphatic rings. The number of aromatic nitrogens is 4. The van der Waals surface area contributed by atoms with Crippen LogP contribution in [0, 0.1) is 16.0 Å². The summed E-state index contributed by atoms with van der Waals surface area (Å²) in [7, 11) is 0. The highest BCUT2D eigenvalue weighted by molar-refractivity contribution is 5.58. The van der Waals surface area contributed by atoms with Crippen LogP contribution in [0.15, 0.2) is 30.5 Å². The molecule has 1 aliphatic carbocycles. The second kappa shape index (κ2) is 13.1. The van der Waals surface area contributed by atoms with E-state index in [9.17, 15) is 23.3 Å². The summed E-state index contributed by atoms with van der Waals surface area (Å²) in [5, 5.41) is 18.2. The third-order valence-electron chi connectivity index (χ3n) is 7.27. The summed E-state index contributed by atoms with van der Waals surface area (Å²) in [6.07, 6.45) is 2.01. The van der Waals surface area contributed by atoms with Gasteiger partial charge in [-0.25, -0.2) is 9.97 Å². The molecule has 0 aliphatic heterocycles. The first-order valence-corrected chi connectivity index (χ1v) is 13.7. The number of nitrogens with two attached hydrogens (primary N) is 1. The third-order valence-corrected chi connectivity index (χ3v) is 7.27. The van der Waals surface area contributed by atoms with Crippen molar-refractivity contribution in [3.05, 3.63) is 63.4 Å². The van der Waals surface area contributed by atoms with E-state index in [0.29, 0.717) is 19.0 Å². The fourth-order valence-corrected chi connectivity index (χ4v) is 5.24. The Balaban J connectivity index is 1.38. The van der Waals surface area contributed by atoms with Gasteiger partial charge in [-0.2, -0.15) is 4.98 Å². The van der Waals surface area contributed by atoms with Gasteiger partial charge in [0, 0.05) is 43.9 Å². The van der Waals surface area contributed by atoms with Gasteiger partial charge in [0.25, 0.3) is 0 Å². The molecule has 3 aromatic rings. The lowest BCUT2D eigenvalue weighted by molar-refractivity contribution is -0.385. The molecule has 41 heavy (non-hydrogen) atoms. The van der Waals surface area contributed by atoms with Crippen molar-refractivity contribution in [2.45, 2.75) is 84.4 Å². The molecule has 14 heteroatoms. The molecule has 2 heterocycles. The number of ether oxygens (including phenoxy) is 1. The van der Waals surface area contributed by atoms with Crippen molar-refractivity contribution < 1.29 is 22.8 Å². The molecule has 1 fully saturated rings. The van der Waals surface area contributed by atoms with E-state index in [-0.39, 0.29) is 46.9 Å². The quantitative estimate of drug-likeness (QED) is 0.197. The molecule has 222 valence electrons. The van der Waals surface area contributed by atoms with Crippen molar-refractivity contribution in [2.24, 2.45) is 5.92 Å². The minimum Gasteiger partial charge on any atom is -0.405 e. The molecule has 0 amide bonds. The van der Waals surface area contributed by atoms with Crippen LogP contribution in [0.4, 0.5) is 30.6 Å². The van der Waals surface area contributed by atoms with E-state index in [4.69, 9.17) is 10.7 Å². The second-order valence-corrected chi connectivity index (χ2v) is 10.1. The predicted molar refractivity (Wildman–Crippen MR) is 147 cm³/mol. The number of hydrogen-bond donors (Lipinski definition) is 3. The Morgan fingerprint density at radius 2 is 1.85 bits per heavy atom. The molecular weight excluding hydrogens is 541 g/mol. The first kappa shape index (κ1) is 30.0. The predicted octanol–water partition coefficient (Wildman–Crippen LogP) is 5.15. The molecule has 0 radical (unpaired) electrons. The van der Waals surface area contributed by atoms with E-state index in [1.807, 2.05) is 0 Å². The standard InChI is InChI=1S/C27H35F3N8O3/c1-3-23-34-20(16-37(23)4-2)15-32-19-11-9-17(10-12-19)13-21-24(38(39)40)25(31)36-26(35-21)33-14-18-7-5-6-8-22(18)41-27(28,29)30/h5-8,16-17,19,32H,3-4,9-15H2,1-2H3,(H3,31,33,35,36)/t17-,19-. The number of hydrogen-bond acceptors (Lipinski definition) is 9. The number of nitrogens with one attached hydrogen (secondary N) is 2. The summed E-state index contributed by atoms with van der Waals surface area (Å²) in [5.74, 6) is 0.582. The highest BCUT2D eigenvalue weighted by Gasteiger charge is 2.32. The number of para-hydroxylation sites is 1. The van der Waals surface area contributed by atoms with Crippen molar-refractivity contribution in [1.82, 2.24) is 24.8 Å². The van der Waals surface area contributed by atoms with Gasteiger partial charge in [0.1, 0.15) is 17.3 Å². The Labute approximate surface area is 235 Å². The van der Waals surface area contributed by atoms with E-state index in [2.05, 4.69) is 49.9 Å². The lowest BCUT2D eigenvalue weighted by Crippen LogP contribution is -2.33. The smallest absolute Gasteiger partial charge is 0.405 e. The van der Waals surface area contributed by atoms with Gasteiger partial charge in [-0.15, -0.1) is 13.2 Å². The van der Waals surface area contributed by atoms with Crippen LogP contribution in [-0.2, 0) is 32.5 Å². The van der Waals surface area contributed by atoms with E-state index < -0.39 is 11.3 Å². The Hall–Kier alpha value is -3.94. The molecule has 0 saturated heterocycles. The molecule has 4 rings (SSSR count). The molecule has 11 nitrogen and oxygen atoms in total. The van der Waals surface area contributed by atoms with Crippen LogP contribution in [-0.4, -0.2) is 36.8 Å². The monoisotopic (exact) mass is 576 g/mol. The maximum absolute atomic E-state index is 12.8. The van der Waals surface area contributed by atoms with Crippen LogP contribution < -0.4 is 21.1 Å². The zero-order valence-electron chi connectivity index (χ0n) is 23.1. The van der Waals surface area contributed by atoms with Crippen LogP contribution in [0.25, 0.3) is 0 Å². The number of nitrogens with zero attached hydrogens (tertiary/aromatic N) is 5. The summed E-state index contributed by atoms with van der Waals surface area (Å²) in [4.78, 5) is 24.2. The fraction of sp³-hybridized carbons (Fsp3) is 0.519. The number of imidazole rings is 1. The number of nitrogen functional groups attached to an aromatic ring is 1. The molecule has 0 bridgehead atoms. The van der Waals surface area contributed by atoms with E-state index in [0.717, 1.165) is 50.2 Å². The van der Waals surface area contributed by atoms with E-state index >= 15 is 0 Å². The maximum atomic E-state index is 12.8. The lowest BCUT2D eigenvalue weighted by Gasteiger charge is -2.29. The van der Waals surface area contributed by atoms with Crippen molar-refractivity contribution in [1.29, 1.82) is 0 Å². The van der Waals surface area contributed by atoms with Gasteiger partial charge in [0.05, 0.1) is 10.6 Å². The van der Waals surface area contributed by atoms with Gasteiger partial charge < -0.3 is 25.7 Å². The first-order valence-electron chi connectivity index (χ1n) is 13.7. The molecule has 0 atom stereocenters. The minimum absolute atomic E-state index is 0.00164. The topological polar surface area (TPSA) is 146 Å². The zero-order chi connectivity index (χ0) is 29.6. The van der Waals surface area contributed by atoms with Crippen LogP contribution in [0.1, 0.15) is 62.3 Å². The van der Waals surface area contributed by atoms with Gasteiger partial charge >= 0.3 is 12.0 Å². The molecule has 0 unspecified atom stereocenters. The van der Waals surface area contributed by atoms with E-state index in [1.54, 1.807) is 6.07 Å². The molecule has 2 aromatic heterocycles. The van der Waals surface area contributed by atoms with Gasteiger partial charge in [0.15, 0.2) is 0 Å². The van der Waals surface area contributed by atoms with Crippen LogP contribution >= 0.6 is 0 Å². The van der Waals surface area contributed by atoms with Gasteiger partial charge in [0.2, 0.25) is 11.8 Å². The average Bonchev–Trinajstić information content (AvgIpc) is 3.33. The van der Waals surface area contributed by atoms with Crippen LogP contribution in [0.2, 0.25) is 0 Å². The van der Waals surface area contributed by atoms with Crippen molar-refractivity contribution in [3.63, 3.8) is 0 Å². The number of halogens is 3. The maximum Gasteiger partial charge on any atom is 0.573 e. The van der Waals surface area contributed by atoms with E-state index in [1.165, 1.54) is 18.2 Å². The molecule has 1 saturated carbocycles. The number of nitro groups is 1. The fourth-order valence-electron chi connectivity index (χ4n) is 5.24. The zero-order valence-corrected chi connectivity index (χ0v) is 23.1. The van der Waals surface area contributed by atoms with Gasteiger partial charge in [-0.3, -0.25) is 10.1 Å². The van der Waals surface area contributed by atoms with Crippen LogP contribution in [0.3, 0.4) is 0 Å². The number of alkyl halides is 3. The highest BCUT2D eigenvalue weighted by Crippen LogP contribution is 2.33. The Bertz CT molecular complexity index is 1320. The Morgan fingerprint density at radius 1 is 1.12 bits per heavy atom. The first-order chi connectivity index (χ1) is 19.6. The highest BCUT2D eigenvalue weighted by atomic mass is 19.4. The summed E-state index contributed by atoms with van der Waals surface area (Å²) in [6, 6.07) is 5.99. The second-order valence-electron chi connectivity index (χ2n) is 10.1.